The summed E-state index contributed by atoms with van der Waals surface area (Å²) in [7, 11) is 2.03. The Balaban J connectivity index is 2.38. The number of aromatic nitrogens is 2. The van der Waals surface area contributed by atoms with E-state index in [9.17, 15) is 0 Å². The van der Waals surface area contributed by atoms with Gasteiger partial charge in [0.15, 0.2) is 5.82 Å². The Morgan fingerprint density at radius 3 is 2.82 bits per heavy atom. The number of hydrogen-bond donors (Lipinski definition) is 1. The average Bonchev–Trinajstić information content (AvgIpc) is 2.51. The third-order valence-electron chi connectivity index (χ3n) is 3.00. The second-order valence-corrected chi connectivity index (χ2v) is 4.61. The Morgan fingerprint density at radius 1 is 1.35 bits per heavy atom. The van der Waals surface area contributed by atoms with Crippen molar-refractivity contribution in [3.05, 3.63) is 11.4 Å². The standard InChI is InChI=1S/C12H20N4O/c1-8(2)16(4)11-9(3)14-10-7-13-5-6-17-12(10)15-11/h8,13H,5-7H2,1-4H3. The van der Waals surface area contributed by atoms with Gasteiger partial charge in [-0.15, -0.1) is 0 Å². The number of fused-ring (bicyclic) bond motifs is 1. The Kier molecular flexibility index (Phi) is 3.47. The number of ether oxygens (including phenoxy) is 1. The molecule has 0 saturated carbocycles. The van der Waals surface area contributed by atoms with Gasteiger partial charge in [-0.3, -0.25) is 0 Å². The molecule has 1 N–H and O–H groups in total. The Bertz CT molecular complexity index is 406. The van der Waals surface area contributed by atoms with Crippen molar-refractivity contribution in [3.63, 3.8) is 0 Å². The minimum atomic E-state index is 0.393. The number of rotatable bonds is 2. The normalized spacial score (nSPS) is 15.1. The third kappa shape index (κ3) is 2.49. The smallest absolute Gasteiger partial charge is 0.239 e. The highest BCUT2D eigenvalue weighted by molar-refractivity contribution is 5.46. The summed E-state index contributed by atoms with van der Waals surface area (Å²) < 4.78 is 5.61. The van der Waals surface area contributed by atoms with Gasteiger partial charge < -0.3 is 15.0 Å². The van der Waals surface area contributed by atoms with Crippen molar-refractivity contribution < 1.29 is 4.74 Å². The van der Waals surface area contributed by atoms with Crippen molar-refractivity contribution in [3.8, 4) is 5.88 Å². The van der Waals surface area contributed by atoms with Crippen molar-refractivity contribution in [1.29, 1.82) is 0 Å². The highest BCUT2D eigenvalue weighted by Gasteiger charge is 2.18. The van der Waals surface area contributed by atoms with Crippen LogP contribution in [-0.4, -0.2) is 36.2 Å². The van der Waals surface area contributed by atoms with E-state index in [1.807, 2.05) is 14.0 Å². The predicted octanol–water partition coefficient (Wildman–Crippen LogP) is 1.11. The van der Waals surface area contributed by atoms with E-state index >= 15 is 0 Å². The molecule has 0 amide bonds. The molecule has 0 atom stereocenters. The molecule has 0 unspecified atom stereocenters. The fourth-order valence-electron chi connectivity index (χ4n) is 1.78. The summed E-state index contributed by atoms with van der Waals surface area (Å²) in [5.41, 5.74) is 1.85. The summed E-state index contributed by atoms with van der Waals surface area (Å²) in [5, 5.41) is 3.26. The minimum absolute atomic E-state index is 0.393. The molecule has 17 heavy (non-hydrogen) atoms. The molecule has 2 rings (SSSR count). The van der Waals surface area contributed by atoms with Crippen molar-refractivity contribution in [2.45, 2.75) is 33.4 Å². The molecule has 0 aliphatic carbocycles. The van der Waals surface area contributed by atoms with Crippen molar-refractivity contribution in [2.75, 3.05) is 25.1 Å². The summed E-state index contributed by atoms with van der Waals surface area (Å²) >= 11 is 0. The van der Waals surface area contributed by atoms with Crippen LogP contribution in [0.1, 0.15) is 25.2 Å². The largest absolute Gasteiger partial charge is 0.475 e. The van der Waals surface area contributed by atoms with E-state index in [2.05, 4.69) is 34.0 Å². The molecule has 94 valence electrons. The topological polar surface area (TPSA) is 50.3 Å². The van der Waals surface area contributed by atoms with E-state index < -0.39 is 0 Å². The van der Waals surface area contributed by atoms with Crippen LogP contribution in [0.3, 0.4) is 0 Å². The van der Waals surface area contributed by atoms with E-state index in [1.165, 1.54) is 0 Å². The van der Waals surface area contributed by atoms with Crippen LogP contribution < -0.4 is 15.0 Å². The van der Waals surface area contributed by atoms with Crippen LogP contribution in [0.5, 0.6) is 5.88 Å². The van der Waals surface area contributed by atoms with Crippen molar-refractivity contribution in [1.82, 2.24) is 15.3 Å². The second-order valence-electron chi connectivity index (χ2n) is 4.61. The average molecular weight is 236 g/mol. The monoisotopic (exact) mass is 236 g/mol. The zero-order valence-corrected chi connectivity index (χ0v) is 10.9. The molecule has 2 heterocycles. The van der Waals surface area contributed by atoms with E-state index in [4.69, 9.17) is 4.74 Å². The molecule has 0 spiro atoms. The number of nitrogens with zero attached hydrogens (tertiary/aromatic N) is 3. The minimum Gasteiger partial charge on any atom is -0.475 e. The summed E-state index contributed by atoms with van der Waals surface area (Å²) in [6, 6.07) is 0.393. The van der Waals surface area contributed by atoms with Gasteiger partial charge >= 0.3 is 0 Å². The van der Waals surface area contributed by atoms with Crippen LogP contribution in [0.25, 0.3) is 0 Å². The lowest BCUT2D eigenvalue weighted by Crippen LogP contribution is -2.28. The number of nitrogens with one attached hydrogen (secondary N) is 1. The molecular formula is C12H20N4O. The van der Waals surface area contributed by atoms with Gasteiger partial charge in [0.2, 0.25) is 5.88 Å². The maximum Gasteiger partial charge on any atom is 0.239 e. The molecule has 0 saturated heterocycles. The van der Waals surface area contributed by atoms with Gasteiger partial charge in [0.1, 0.15) is 12.3 Å². The molecule has 0 fully saturated rings. The van der Waals surface area contributed by atoms with Gasteiger partial charge in [-0.2, -0.15) is 4.98 Å². The second kappa shape index (κ2) is 4.87. The Hall–Kier alpha value is -1.36. The van der Waals surface area contributed by atoms with E-state index in [1.54, 1.807) is 0 Å². The van der Waals surface area contributed by atoms with Crippen LogP contribution in [-0.2, 0) is 6.54 Å². The lowest BCUT2D eigenvalue weighted by atomic mass is 10.3. The third-order valence-corrected chi connectivity index (χ3v) is 3.00. The zero-order chi connectivity index (χ0) is 12.4. The first-order valence-corrected chi connectivity index (χ1v) is 6.03. The molecule has 1 aromatic heterocycles. The van der Waals surface area contributed by atoms with E-state index in [0.29, 0.717) is 18.5 Å². The lowest BCUT2D eigenvalue weighted by molar-refractivity contribution is 0.313. The Morgan fingerprint density at radius 2 is 2.12 bits per heavy atom. The first-order chi connectivity index (χ1) is 8.09. The molecule has 1 aromatic rings. The number of aryl methyl sites for hydroxylation is 1. The summed E-state index contributed by atoms with van der Waals surface area (Å²) in [4.78, 5) is 11.3. The zero-order valence-electron chi connectivity index (χ0n) is 10.9. The van der Waals surface area contributed by atoms with Gasteiger partial charge in [-0.05, 0) is 20.8 Å². The number of anilines is 1. The van der Waals surface area contributed by atoms with E-state index in [-0.39, 0.29) is 0 Å². The number of hydrogen-bond acceptors (Lipinski definition) is 5. The van der Waals surface area contributed by atoms with E-state index in [0.717, 1.165) is 30.3 Å². The molecule has 0 aromatic carbocycles. The van der Waals surface area contributed by atoms with Crippen LogP contribution in [0.4, 0.5) is 5.82 Å². The predicted molar refractivity (Wildman–Crippen MR) is 67.5 cm³/mol. The Labute approximate surface area is 102 Å². The van der Waals surface area contributed by atoms with Crippen LogP contribution in [0.15, 0.2) is 0 Å². The van der Waals surface area contributed by atoms with Crippen molar-refractivity contribution in [2.24, 2.45) is 0 Å². The van der Waals surface area contributed by atoms with Gasteiger partial charge in [0, 0.05) is 26.2 Å². The molecule has 5 heteroatoms. The van der Waals surface area contributed by atoms with Gasteiger partial charge in [-0.25, -0.2) is 4.98 Å². The molecule has 0 bridgehead atoms. The summed E-state index contributed by atoms with van der Waals surface area (Å²) in [6.45, 7) is 8.48. The van der Waals surface area contributed by atoms with Gasteiger partial charge in [0.25, 0.3) is 0 Å². The van der Waals surface area contributed by atoms with Crippen LogP contribution in [0.2, 0.25) is 0 Å². The summed E-state index contributed by atoms with van der Waals surface area (Å²) in [5.74, 6) is 1.57. The summed E-state index contributed by atoms with van der Waals surface area (Å²) in [6.07, 6.45) is 0. The quantitative estimate of drug-likeness (QED) is 0.833. The molecule has 1 aliphatic rings. The molecule has 1 aliphatic heterocycles. The van der Waals surface area contributed by atoms with Crippen molar-refractivity contribution >= 4 is 5.82 Å². The van der Waals surface area contributed by atoms with Crippen LogP contribution in [0, 0.1) is 6.92 Å². The molecule has 5 nitrogen and oxygen atoms in total. The van der Waals surface area contributed by atoms with Gasteiger partial charge in [0.05, 0.1) is 5.69 Å². The van der Waals surface area contributed by atoms with Gasteiger partial charge in [-0.1, -0.05) is 0 Å². The van der Waals surface area contributed by atoms with Crippen LogP contribution >= 0.6 is 0 Å². The SMILES string of the molecule is Cc1nc2c(nc1N(C)C(C)C)OCCNC2. The fourth-order valence-corrected chi connectivity index (χ4v) is 1.78. The lowest BCUT2D eigenvalue weighted by Gasteiger charge is -2.24. The highest BCUT2D eigenvalue weighted by Crippen LogP contribution is 2.23. The molecular weight excluding hydrogens is 216 g/mol. The maximum absolute atomic E-state index is 5.61. The highest BCUT2D eigenvalue weighted by atomic mass is 16.5. The fraction of sp³-hybridized carbons (Fsp3) is 0.667. The first kappa shape index (κ1) is 12.1. The first-order valence-electron chi connectivity index (χ1n) is 6.03. The molecule has 0 radical (unpaired) electrons. The maximum atomic E-state index is 5.61.